The predicted molar refractivity (Wildman–Crippen MR) is 89.0 cm³/mol. The van der Waals surface area contributed by atoms with Gasteiger partial charge in [0.2, 0.25) is 10.0 Å². The van der Waals surface area contributed by atoms with Crippen LogP contribution in [0.5, 0.6) is 5.75 Å². The molecule has 0 heterocycles. The van der Waals surface area contributed by atoms with Crippen LogP contribution in [0, 0.1) is 0 Å². The van der Waals surface area contributed by atoms with Crippen molar-refractivity contribution in [2.75, 3.05) is 32.7 Å². The van der Waals surface area contributed by atoms with Crippen LogP contribution in [-0.4, -0.2) is 41.1 Å². The Balaban J connectivity index is 3.09. The summed E-state index contributed by atoms with van der Waals surface area (Å²) in [6, 6.07) is 3.11. The molecule has 8 heteroatoms. The van der Waals surface area contributed by atoms with E-state index >= 15 is 0 Å². The zero-order valence-corrected chi connectivity index (χ0v) is 14.8. The maximum absolute atomic E-state index is 12.4. The van der Waals surface area contributed by atoms with Crippen LogP contribution in [0.3, 0.4) is 0 Å². The van der Waals surface area contributed by atoms with E-state index in [-0.39, 0.29) is 4.90 Å². The van der Waals surface area contributed by atoms with Crippen LogP contribution < -0.4 is 14.8 Å². The van der Waals surface area contributed by atoms with Crippen molar-refractivity contribution in [3.05, 3.63) is 22.7 Å². The molecule has 120 valence electrons. The zero-order chi connectivity index (χ0) is 15.9. The van der Waals surface area contributed by atoms with Gasteiger partial charge in [0.15, 0.2) is 0 Å². The predicted octanol–water partition coefficient (Wildman–Crippen LogP) is 2.10. The Morgan fingerprint density at radius 2 is 2.10 bits per heavy atom. The number of ether oxygens (including phenoxy) is 1. The Hall–Kier alpha value is -0.470. The SMILES string of the molecule is CNCc1cc(Cl)cc(S(=O)(=O)NCCCSC)c1OC. The summed E-state index contributed by atoms with van der Waals surface area (Å²) in [6.07, 6.45) is 2.76. The number of methoxy groups -OCH3 is 1. The van der Waals surface area contributed by atoms with Gasteiger partial charge in [0.25, 0.3) is 0 Å². The van der Waals surface area contributed by atoms with Gasteiger partial charge < -0.3 is 10.1 Å². The number of thioether (sulfide) groups is 1. The van der Waals surface area contributed by atoms with E-state index in [9.17, 15) is 8.42 Å². The second-order valence-electron chi connectivity index (χ2n) is 4.37. The number of nitrogens with one attached hydrogen (secondary N) is 2. The van der Waals surface area contributed by atoms with E-state index in [0.29, 0.717) is 29.4 Å². The van der Waals surface area contributed by atoms with E-state index in [1.807, 2.05) is 6.26 Å². The van der Waals surface area contributed by atoms with Crippen LogP contribution in [0.25, 0.3) is 0 Å². The van der Waals surface area contributed by atoms with Gasteiger partial charge in [0.05, 0.1) is 7.11 Å². The molecular weight excluding hydrogens is 332 g/mol. The molecule has 21 heavy (non-hydrogen) atoms. The molecule has 5 nitrogen and oxygen atoms in total. The van der Waals surface area contributed by atoms with Crippen LogP contribution in [0.15, 0.2) is 17.0 Å². The van der Waals surface area contributed by atoms with Gasteiger partial charge in [-0.15, -0.1) is 0 Å². The van der Waals surface area contributed by atoms with Crippen LogP contribution in [0.1, 0.15) is 12.0 Å². The number of halogens is 1. The average Bonchev–Trinajstić information content (AvgIpc) is 2.43. The quantitative estimate of drug-likeness (QED) is 0.666. The smallest absolute Gasteiger partial charge is 0.244 e. The maximum Gasteiger partial charge on any atom is 0.244 e. The van der Waals surface area contributed by atoms with Crippen LogP contribution in [0.4, 0.5) is 0 Å². The molecule has 0 fully saturated rings. The molecule has 2 N–H and O–H groups in total. The maximum atomic E-state index is 12.4. The zero-order valence-electron chi connectivity index (χ0n) is 12.4. The lowest BCUT2D eigenvalue weighted by Crippen LogP contribution is -2.26. The molecular formula is C13H21ClN2O3S2. The molecule has 0 spiro atoms. The average molecular weight is 353 g/mol. The molecule has 1 rings (SSSR count). The van der Waals surface area contributed by atoms with E-state index in [0.717, 1.165) is 12.2 Å². The van der Waals surface area contributed by atoms with Crippen molar-refractivity contribution < 1.29 is 13.2 Å². The highest BCUT2D eigenvalue weighted by Crippen LogP contribution is 2.31. The van der Waals surface area contributed by atoms with Crippen molar-refractivity contribution in [2.24, 2.45) is 0 Å². The number of hydrogen-bond acceptors (Lipinski definition) is 5. The first-order chi connectivity index (χ1) is 9.96. The van der Waals surface area contributed by atoms with Crippen LogP contribution >= 0.6 is 23.4 Å². The first-order valence-corrected chi connectivity index (χ1v) is 9.71. The van der Waals surface area contributed by atoms with Gasteiger partial charge in [0, 0.05) is 23.7 Å². The standard InChI is InChI=1S/C13H21ClN2O3S2/c1-15-9-10-7-11(14)8-12(13(10)19-2)21(17,18)16-5-4-6-20-3/h7-8,15-16H,4-6,9H2,1-3H3. The lowest BCUT2D eigenvalue weighted by atomic mass is 10.2. The van der Waals surface area contributed by atoms with Crippen molar-refractivity contribution in [2.45, 2.75) is 17.9 Å². The fraction of sp³-hybridized carbons (Fsp3) is 0.538. The largest absolute Gasteiger partial charge is 0.495 e. The van der Waals surface area contributed by atoms with E-state index < -0.39 is 10.0 Å². The van der Waals surface area contributed by atoms with Crippen molar-refractivity contribution in [3.8, 4) is 5.75 Å². The Morgan fingerprint density at radius 1 is 1.38 bits per heavy atom. The number of benzene rings is 1. The highest BCUT2D eigenvalue weighted by Gasteiger charge is 2.22. The molecule has 0 saturated heterocycles. The summed E-state index contributed by atoms with van der Waals surface area (Å²) in [4.78, 5) is 0.0758. The molecule has 0 saturated carbocycles. The molecule has 0 aromatic heterocycles. The Labute approximate surface area is 135 Å². The van der Waals surface area contributed by atoms with Gasteiger partial charge in [-0.2, -0.15) is 11.8 Å². The van der Waals surface area contributed by atoms with Gasteiger partial charge in [0.1, 0.15) is 10.6 Å². The molecule has 0 aliphatic heterocycles. The Morgan fingerprint density at radius 3 is 2.67 bits per heavy atom. The first-order valence-electron chi connectivity index (χ1n) is 6.46. The van der Waals surface area contributed by atoms with Crippen molar-refractivity contribution in [1.29, 1.82) is 0 Å². The Kier molecular flexibility index (Phi) is 7.83. The number of sulfonamides is 1. The minimum Gasteiger partial charge on any atom is -0.495 e. The highest BCUT2D eigenvalue weighted by molar-refractivity contribution is 7.98. The van der Waals surface area contributed by atoms with E-state index in [4.69, 9.17) is 16.3 Å². The fourth-order valence-electron chi connectivity index (χ4n) is 1.88. The molecule has 1 aromatic carbocycles. The Bertz CT molecular complexity index is 565. The summed E-state index contributed by atoms with van der Waals surface area (Å²) in [5.41, 5.74) is 0.706. The van der Waals surface area contributed by atoms with Gasteiger partial charge in [-0.05, 0) is 37.6 Å². The minimum absolute atomic E-state index is 0.0758. The summed E-state index contributed by atoms with van der Waals surface area (Å²) in [6.45, 7) is 0.860. The third-order valence-electron chi connectivity index (χ3n) is 2.77. The molecule has 0 aliphatic carbocycles. The summed E-state index contributed by atoms with van der Waals surface area (Å²) < 4.78 is 32.7. The third kappa shape index (κ3) is 5.34. The molecule has 0 unspecified atom stereocenters. The summed E-state index contributed by atoms with van der Waals surface area (Å²) >= 11 is 7.70. The van der Waals surface area contributed by atoms with E-state index in [2.05, 4.69) is 10.0 Å². The molecule has 0 bridgehead atoms. The molecule has 0 aliphatic rings. The molecule has 0 amide bonds. The van der Waals surface area contributed by atoms with Crippen molar-refractivity contribution >= 4 is 33.4 Å². The van der Waals surface area contributed by atoms with Gasteiger partial charge in [-0.25, -0.2) is 13.1 Å². The summed E-state index contributed by atoms with van der Waals surface area (Å²) in [5, 5.41) is 3.33. The number of hydrogen-bond donors (Lipinski definition) is 2. The normalized spacial score (nSPS) is 11.6. The second kappa shape index (κ2) is 8.85. The van der Waals surface area contributed by atoms with Gasteiger partial charge in [-0.1, -0.05) is 11.6 Å². The van der Waals surface area contributed by atoms with Gasteiger partial charge in [-0.3, -0.25) is 0 Å². The molecule has 0 radical (unpaired) electrons. The fourth-order valence-corrected chi connectivity index (χ4v) is 3.92. The highest BCUT2D eigenvalue weighted by atomic mass is 35.5. The monoisotopic (exact) mass is 352 g/mol. The van der Waals surface area contributed by atoms with Crippen molar-refractivity contribution in [3.63, 3.8) is 0 Å². The lowest BCUT2D eigenvalue weighted by molar-refractivity contribution is 0.396. The number of rotatable bonds is 9. The first kappa shape index (κ1) is 18.6. The van der Waals surface area contributed by atoms with E-state index in [1.54, 1.807) is 24.9 Å². The van der Waals surface area contributed by atoms with Crippen LogP contribution in [0.2, 0.25) is 5.02 Å². The third-order valence-corrected chi connectivity index (χ3v) is 5.16. The molecule has 1 aromatic rings. The molecule has 0 atom stereocenters. The topological polar surface area (TPSA) is 67.4 Å². The van der Waals surface area contributed by atoms with E-state index in [1.165, 1.54) is 13.2 Å². The minimum atomic E-state index is -3.64. The van der Waals surface area contributed by atoms with Crippen molar-refractivity contribution in [1.82, 2.24) is 10.0 Å². The summed E-state index contributed by atoms with van der Waals surface area (Å²) in [7, 11) is -0.417. The lowest BCUT2D eigenvalue weighted by Gasteiger charge is -2.15. The second-order valence-corrected chi connectivity index (χ2v) is 7.53. The summed E-state index contributed by atoms with van der Waals surface area (Å²) in [5.74, 6) is 1.23. The van der Waals surface area contributed by atoms with Crippen LogP contribution in [-0.2, 0) is 16.6 Å². The van der Waals surface area contributed by atoms with Gasteiger partial charge >= 0.3 is 0 Å².